The van der Waals surface area contributed by atoms with Crippen molar-refractivity contribution in [2.75, 3.05) is 13.1 Å². The summed E-state index contributed by atoms with van der Waals surface area (Å²) in [6.45, 7) is 6.59. The minimum absolute atomic E-state index is 0.283. The molecule has 88 valence electrons. The number of aliphatic carboxylic acids is 1. The molecule has 1 aliphatic heterocycles. The van der Waals surface area contributed by atoms with Gasteiger partial charge in [0.1, 0.15) is 0 Å². The van der Waals surface area contributed by atoms with E-state index >= 15 is 0 Å². The topological polar surface area (TPSA) is 40.5 Å². The molecule has 0 aromatic rings. The number of carboxylic acid groups (broad SMARTS) is 1. The predicted molar refractivity (Wildman–Crippen MR) is 60.9 cm³/mol. The Hall–Kier alpha value is -0.570. The highest BCUT2D eigenvalue weighted by Crippen LogP contribution is 2.21. The van der Waals surface area contributed by atoms with Crippen LogP contribution in [0.25, 0.3) is 0 Å². The Balaban J connectivity index is 2.45. The van der Waals surface area contributed by atoms with Gasteiger partial charge in [0.15, 0.2) is 0 Å². The van der Waals surface area contributed by atoms with Gasteiger partial charge in [-0.15, -0.1) is 0 Å². The number of nitrogens with zero attached hydrogens (tertiary/aromatic N) is 1. The lowest BCUT2D eigenvalue weighted by Crippen LogP contribution is -2.42. The lowest BCUT2D eigenvalue weighted by atomic mass is 9.97. The molecule has 15 heavy (non-hydrogen) atoms. The van der Waals surface area contributed by atoms with E-state index in [2.05, 4.69) is 18.7 Å². The molecule has 1 saturated heterocycles. The van der Waals surface area contributed by atoms with Gasteiger partial charge < -0.3 is 5.11 Å². The zero-order valence-electron chi connectivity index (χ0n) is 9.91. The first-order chi connectivity index (χ1) is 7.13. The first-order valence-electron chi connectivity index (χ1n) is 6.09. The van der Waals surface area contributed by atoms with Crippen LogP contribution >= 0.6 is 0 Å². The van der Waals surface area contributed by atoms with E-state index in [-0.39, 0.29) is 6.04 Å². The van der Waals surface area contributed by atoms with Crippen LogP contribution in [0.1, 0.15) is 46.0 Å². The summed E-state index contributed by atoms with van der Waals surface area (Å²) in [6, 6.07) is 0.283. The van der Waals surface area contributed by atoms with Gasteiger partial charge in [0, 0.05) is 12.6 Å². The predicted octanol–water partition coefficient (Wildman–Crippen LogP) is 2.36. The zero-order valence-corrected chi connectivity index (χ0v) is 9.91. The van der Waals surface area contributed by atoms with E-state index in [9.17, 15) is 4.79 Å². The van der Waals surface area contributed by atoms with Crippen molar-refractivity contribution in [1.82, 2.24) is 4.90 Å². The SMILES string of the molecule is CCC(C)CN1CCCCC1CC(=O)O. The number of carboxylic acids is 1. The molecule has 1 aliphatic rings. The van der Waals surface area contributed by atoms with Crippen molar-refractivity contribution >= 4 is 5.97 Å². The van der Waals surface area contributed by atoms with Crippen LogP contribution in [0.15, 0.2) is 0 Å². The normalized spacial score (nSPS) is 25.1. The van der Waals surface area contributed by atoms with E-state index in [0.717, 1.165) is 19.5 Å². The molecule has 1 rings (SSSR count). The van der Waals surface area contributed by atoms with Gasteiger partial charge in [0.05, 0.1) is 6.42 Å². The number of hydrogen-bond acceptors (Lipinski definition) is 2. The Labute approximate surface area is 92.5 Å². The maximum absolute atomic E-state index is 10.7. The third-order valence-electron chi connectivity index (χ3n) is 3.40. The van der Waals surface area contributed by atoms with E-state index in [1.165, 1.54) is 19.3 Å². The standard InChI is InChI=1S/C12H23NO2/c1-3-10(2)9-13-7-5-4-6-11(13)8-12(14)15/h10-11H,3-9H2,1-2H3,(H,14,15). The van der Waals surface area contributed by atoms with Crippen LogP contribution in [0.3, 0.4) is 0 Å². The lowest BCUT2D eigenvalue weighted by Gasteiger charge is -2.36. The Morgan fingerprint density at radius 1 is 1.53 bits per heavy atom. The number of likely N-dealkylation sites (tertiary alicyclic amines) is 1. The summed E-state index contributed by atoms with van der Waals surface area (Å²) in [6.07, 6.45) is 4.97. The first-order valence-corrected chi connectivity index (χ1v) is 6.09. The van der Waals surface area contributed by atoms with Crippen molar-refractivity contribution in [1.29, 1.82) is 0 Å². The second-order valence-electron chi connectivity index (χ2n) is 4.76. The van der Waals surface area contributed by atoms with Crippen molar-refractivity contribution in [3.05, 3.63) is 0 Å². The summed E-state index contributed by atoms with van der Waals surface area (Å²) >= 11 is 0. The molecule has 1 heterocycles. The quantitative estimate of drug-likeness (QED) is 0.762. The summed E-state index contributed by atoms with van der Waals surface area (Å²) in [4.78, 5) is 13.1. The Morgan fingerprint density at radius 2 is 2.27 bits per heavy atom. The highest BCUT2D eigenvalue weighted by Gasteiger charge is 2.25. The van der Waals surface area contributed by atoms with Crippen LogP contribution < -0.4 is 0 Å². The smallest absolute Gasteiger partial charge is 0.304 e. The number of carbonyl (C=O) groups is 1. The van der Waals surface area contributed by atoms with Gasteiger partial charge in [-0.1, -0.05) is 26.7 Å². The molecular weight excluding hydrogens is 190 g/mol. The molecule has 0 radical (unpaired) electrons. The van der Waals surface area contributed by atoms with Crippen LogP contribution in [0, 0.1) is 5.92 Å². The molecule has 0 aliphatic carbocycles. The van der Waals surface area contributed by atoms with Gasteiger partial charge in [0.25, 0.3) is 0 Å². The summed E-state index contributed by atoms with van der Waals surface area (Å²) in [5, 5.41) is 8.85. The van der Waals surface area contributed by atoms with Gasteiger partial charge >= 0.3 is 5.97 Å². The Kier molecular flexibility index (Phi) is 5.09. The van der Waals surface area contributed by atoms with Gasteiger partial charge in [-0.05, 0) is 25.3 Å². The fourth-order valence-corrected chi connectivity index (χ4v) is 2.26. The minimum atomic E-state index is -0.656. The largest absolute Gasteiger partial charge is 0.481 e. The average Bonchev–Trinajstić information content (AvgIpc) is 2.20. The molecule has 3 heteroatoms. The zero-order chi connectivity index (χ0) is 11.3. The second kappa shape index (κ2) is 6.11. The number of hydrogen-bond donors (Lipinski definition) is 1. The molecule has 3 nitrogen and oxygen atoms in total. The maximum Gasteiger partial charge on any atom is 0.304 e. The summed E-state index contributed by atoms with van der Waals surface area (Å²) < 4.78 is 0. The summed E-state index contributed by atoms with van der Waals surface area (Å²) in [7, 11) is 0. The van der Waals surface area contributed by atoms with E-state index in [1.807, 2.05) is 0 Å². The second-order valence-corrected chi connectivity index (χ2v) is 4.76. The molecule has 0 aromatic heterocycles. The summed E-state index contributed by atoms with van der Waals surface area (Å²) in [5.74, 6) is 0.0236. The molecule has 0 aromatic carbocycles. The summed E-state index contributed by atoms with van der Waals surface area (Å²) in [5.41, 5.74) is 0. The molecular formula is C12H23NO2. The van der Waals surface area contributed by atoms with Crippen LogP contribution in [0.4, 0.5) is 0 Å². The molecule has 0 spiro atoms. The molecule has 1 N–H and O–H groups in total. The maximum atomic E-state index is 10.7. The molecule has 0 saturated carbocycles. The third kappa shape index (κ3) is 4.20. The fourth-order valence-electron chi connectivity index (χ4n) is 2.26. The van der Waals surface area contributed by atoms with Crippen LogP contribution in [0.2, 0.25) is 0 Å². The van der Waals surface area contributed by atoms with E-state index < -0.39 is 5.97 Å². The van der Waals surface area contributed by atoms with Crippen molar-refractivity contribution in [3.8, 4) is 0 Å². The average molecular weight is 213 g/mol. The molecule has 0 amide bonds. The highest BCUT2D eigenvalue weighted by molar-refractivity contribution is 5.67. The van der Waals surface area contributed by atoms with Crippen LogP contribution in [0.5, 0.6) is 0 Å². The number of rotatable bonds is 5. The monoisotopic (exact) mass is 213 g/mol. The Bertz CT molecular complexity index is 206. The molecule has 1 fully saturated rings. The van der Waals surface area contributed by atoms with E-state index in [4.69, 9.17) is 5.11 Å². The van der Waals surface area contributed by atoms with Gasteiger partial charge in [0.2, 0.25) is 0 Å². The molecule has 2 atom stereocenters. The molecule has 2 unspecified atom stereocenters. The van der Waals surface area contributed by atoms with Crippen molar-refractivity contribution in [2.24, 2.45) is 5.92 Å². The van der Waals surface area contributed by atoms with Gasteiger partial charge in [-0.25, -0.2) is 0 Å². The third-order valence-corrected chi connectivity index (χ3v) is 3.40. The molecule has 0 bridgehead atoms. The Morgan fingerprint density at radius 3 is 2.87 bits per heavy atom. The fraction of sp³-hybridized carbons (Fsp3) is 0.917. The van der Waals surface area contributed by atoms with E-state index in [1.54, 1.807) is 0 Å². The minimum Gasteiger partial charge on any atom is -0.481 e. The van der Waals surface area contributed by atoms with Gasteiger partial charge in [-0.3, -0.25) is 9.69 Å². The van der Waals surface area contributed by atoms with Crippen molar-refractivity contribution < 1.29 is 9.90 Å². The first kappa shape index (κ1) is 12.5. The van der Waals surface area contributed by atoms with Crippen LogP contribution in [-0.4, -0.2) is 35.1 Å². The van der Waals surface area contributed by atoms with Gasteiger partial charge in [-0.2, -0.15) is 0 Å². The van der Waals surface area contributed by atoms with E-state index in [0.29, 0.717) is 12.3 Å². The number of piperidine rings is 1. The van der Waals surface area contributed by atoms with Crippen LogP contribution in [-0.2, 0) is 4.79 Å². The highest BCUT2D eigenvalue weighted by atomic mass is 16.4. The lowest BCUT2D eigenvalue weighted by molar-refractivity contribution is -0.138. The van der Waals surface area contributed by atoms with Crippen molar-refractivity contribution in [2.45, 2.75) is 52.0 Å². The van der Waals surface area contributed by atoms with Crippen molar-refractivity contribution in [3.63, 3.8) is 0 Å².